The van der Waals surface area contributed by atoms with Crippen LogP contribution in [0.2, 0.25) is 0 Å². The molecule has 0 spiro atoms. The van der Waals surface area contributed by atoms with Crippen molar-refractivity contribution in [3.05, 3.63) is 48.0 Å². The molecule has 0 saturated carbocycles. The van der Waals surface area contributed by atoms with E-state index in [4.69, 9.17) is 10.5 Å². The molecule has 2 N–H and O–H groups in total. The van der Waals surface area contributed by atoms with E-state index in [0.29, 0.717) is 12.3 Å². The second kappa shape index (κ2) is 4.72. The van der Waals surface area contributed by atoms with Crippen LogP contribution in [0.25, 0.3) is 0 Å². The van der Waals surface area contributed by atoms with Crippen LogP contribution in [0.4, 0.5) is 0 Å². The molecule has 0 aliphatic heterocycles. The molecule has 0 aliphatic rings. The summed E-state index contributed by atoms with van der Waals surface area (Å²) in [6, 6.07) is 7.65. The third-order valence-corrected chi connectivity index (χ3v) is 2.18. The van der Waals surface area contributed by atoms with Crippen LogP contribution in [-0.4, -0.2) is 9.97 Å². The maximum atomic E-state index is 5.65. The van der Waals surface area contributed by atoms with Crippen molar-refractivity contribution in [2.24, 2.45) is 5.73 Å². The highest BCUT2D eigenvalue weighted by Gasteiger charge is 2.02. The van der Waals surface area contributed by atoms with Crippen LogP contribution in [0.1, 0.15) is 11.4 Å². The first-order valence-electron chi connectivity index (χ1n) is 5.04. The third-order valence-electron chi connectivity index (χ3n) is 2.18. The summed E-state index contributed by atoms with van der Waals surface area (Å²) >= 11 is 0. The van der Waals surface area contributed by atoms with Crippen LogP contribution in [0.3, 0.4) is 0 Å². The van der Waals surface area contributed by atoms with E-state index in [9.17, 15) is 0 Å². The number of benzene rings is 1. The zero-order chi connectivity index (χ0) is 11.4. The Kier molecular flexibility index (Phi) is 3.12. The first-order valence-corrected chi connectivity index (χ1v) is 5.04. The lowest BCUT2D eigenvalue weighted by molar-refractivity contribution is 0.470. The van der Waals surface area contributed by atoms with E-state index < -0.39 is 0 Å². The summed E-state index contributed by atoms with van der Waals surface area (Å²) in [4.78, 5) is 8.13. The van der Waals surface area contributed by atoms with Crippen molar-refractivity contribution in [1.82, 2.24) is 9.97 Å². The fourth-order valence-electron chi connectivity index (χ4n) is 1.33. The van der Waals surface area contributed by atoms with Crippen molar-refractivity contribution in [2.75, 3.05) is 0 Å². The van der Waals surface area contributed by atoms with Crippen molar-refractivity contribution in [3.8, 4) is 11.5 Å². The summed E-state index contributed by atoms with van der Waals surface area (Å²) in [6.07, 6.45) is 3.30. The predicted octanol–water partition coefficient (Wildman–Crippen LogP) is 2.04. The van der Waals surface area contributed by atoms with Crippen LogP contribution in [0, 0.1) is 6.92 Å². The number of aryl methyl sites for hydroxylation is 1. The summed E-state index contributed by atoms with van der Waals surface area (Å²) < 4.78 is 5.65. The smallest absolute Gasteiger partial charge is 0.164 e. The highest BCUT2D eigenvalue weighted by molar-refractivity contribution is 5.36. The summed E-state index contributed by atoms with van der Waals surface area (Å²) in [7, 11) is 0. The average molecular weight is 215 g/mol. The predicted molar refractivity (Wildman–Crippen MR) is 61.2 cm³/mol. The molecule has 0 unspecified atom stereocenters. The molecule has 1 heterocycles. The van der Waals surface area contributed by atoms with E-state index in [-0.39, 0.29) is 0 Å². The van der Waals surface area contributed by atoms with Gasteiger partial charge in [0, 0.05) is 12.1 Å². The molecule has 0 fully saturated rings. The first-order chi connectivity index (χ1) is 7.79. The number of hydrogen-bond acceptors (Lipinski definition) is 4. The minimum Gasteiger partial charge on any atom is -0.454 e. The van der Waals surface area contributed by atoms with Crippen LogP contribution >= 0.6 is 0 Å². The number of nitrogens with two attached hydrogens (primary N) is 1. The monoisotopic (exact) mass is 215 g/mol. The Morgan fingerprint density at radius 3 is 2.56 bits per heavy atom. The minimum atomic E-state index is 0.447. The fourth-order valence-corrected chi connectivity index (χ4v) is 1.33. The van der Waals surface area contributed by atoms with Gasteiger partial charge in [0.2, 0.25) is 0 Å². The van der Waals surface area contributed by atoms with Crippen molar-refractivity contribution < 1.29 is 4.74 Å². The minimum absolute atomic E-state index is 0.447. The zero-order valence-corrected chi connectivity index (χ0v) is 9.05. The molecular formula is C12H13N3O. The number of nitrogens with zero attached hydrogens (tertiary/aromatic N) is 2. The molecule has 2 aromatic rings. The molecule has 0 radical (unpaired) electrons. The second-order valence-electron chi connectivity index (χ2n) is 3.38. The van der Waals surface area contributed by atoms with Crippen molar-refractivity contribution >= 4 is 0 Å². The number of hydrogen-bond donors (Lipinski definition) is 1. The maximum absolute atomic E-state index is 5.65. The molecule has 1 aromatic heterocycles. The van der Waals surface area contributed by atoms with Gasteiger partial charge in [0.05, 0.1) is 12.4 Å². The Labute approximate surface area is 94.1 Å². The quantitative estimate of drug-likeness (QED) is 0.851. The largest absolute Gasteiger partial charge is 0.454 e. The molecule has 0 bridgehead atoms. The number of aromatic nitrogens is 2. The van der Waals surface area contributed by atoms with Gasteiger partial charge in [0.1, 0.15) is 11.6 Å². The fraction of sp³-hybridized carbons (Fsp3) is 0.167. The topological polar surface area (TPSA) is 61.0 Å². The van der Waals surface area contributed by atoms with Crippen molar-refractivity contribution in [1.29, 1.82) is 0 Å². The highest BCUT2D eigenvalue weighted by atomic mass is 16.5. The lowest BCUT2D eigenvalue weighted by atomic mass is 10.2. The van der Waals surface area contributed by atoms with Gasteiger partial charge in [0.25, 0.3) is 0 Å². The second-order valence-corrected chi connectivity index (χ2v) is 3.38. The first kappa shape index (κ1) is 10.6. The molecule has 2 rings (SSSR count). The highest BCUT2D eigenvalue weighted by Crippen LogP contribution is 2.23. The van der Waals surface area contributed by atoms with Gasteiger partial charge >= 0.3 is 0 Å². The standard InChI is InChI=1S/C12H13N3O/c1-9-14-7-11(8-15-9)16-12-5-3-2-4-10(12)6-13/h2-5,7-8H,6,13H2,1H3. The van der Waals surface area contributed by atoms with Gasteiger partial charge < -0.3 is 10.5 Å². The molecular weight excluding hydrogens is 202 g/mol. The van der Waals surface area contributed by atoms with Gasteiger partial charge in [-0.1, -0.05) is 18.2 Å². The molecule has 4 heteroatoms. The molecule has 4 nitrogen and oxygen atoms in total. The molecule has 1 aromatic carbocycles. The van der Waals surface area contributed by atoms with E-state index in [0.717, 1.165) is 17.1 Å². The van der Waals surface area contributed by atoms with Crippen LogP contribution in [0.5, 0.6) is 11.5 Å². The van der Waals surface area contributed by atoms with E-state index >= 15 is 0 Å². The SMILES string of the molecule is Cc1ncc(Oc2ccccc2CN)cn1. The van der Waals surface area contributed by atoms with E-state index in [1.165, 1.54) is 0 Å². The number of rotatable bonds is 3. The Bertz CT molecular complexity index is 468. The summed E-state index contributed by atoms with van der Waals surface area (Å²) in [5.74, 6) is 2.09. The van der Waals surface area contributed by atoms with Crippen molar-refractivity contribution in [2.45, 2.75) is 13.5 Å². The zero-order valence-electron chi connectivity index (χ0n) is 9.05. The van der Waals surface area contributed by atoms with Gasteiger partial charge in [0.15, 0.2) is 5.75 Å². The lowest BCUT2D eigenvalue weighted by Gasteiger charge is -2.08. The Balaban J connectivity index is 2.23. The summed E-state index contributed by atoms with van der Waals surface area (Å²) in [5.41, 5.74) is 6.58. The summed E-state index contributed by atoms with van der Waals surface area (Å²) in [6.45, 7) is 2.28. The van der Waals surface area contributed by atoms with Crippen molar-refractivity contribution in [3.63, 3.8) is 0 Å². The molecule has 0 aliphatic carbocycles. The normalized spacial score (nSPS) is 10.1. The van der Waals surface area contributed by atoms with E-state index in [1.807, 2.05) is 31.2 Å². The summed E-state index contributed by atoms with van der Waals surface area (Å²) in [5, 5.41) is 0. The molecule has 16 heavy (non-hydrogen) atoms. The van der Waals surface area contributed by atoms with Gasteiger partial charge in [-0.25, -0.2) is 9.97 Å². The average Bonchev–Trinajstić information content (AvgIpc) is 2.33. The molecule has 0 atom stereocenters. The van der Waals surface area contributed by atoms with Gasteiger partial charge in [-0.2, -0.15) is 0 Å². The number of para-hydroxylation sites is 1. The third kappa shape index (κ3) is 2.35. The Morgan fingerprint density at radius 2 is 1.88 bits per heavy atom. The maximum Gasteiger partial charge on any atom is 0.164 e. The van der Waals surface area contributed by atoms with Crippen LogP contribution < -0.4 is 10.5 Å². The van der Waals surface area contributed by atoms with Gasteiger partial charge in [-0.05, 0) is 13.0 Å². The molecule has 0 amide bonds. The van der Waals surface area contributed by atoms with Crippen LogP contribution in [0.15, 0.2) is 36.7 Å². The Hall–Kier alpha value is -1.94. The lowest BCUT2D eigenvalue weighted by Crippen LogP contribution is -1.99. The van der Waals surface area contributed by atoms with Gasteiger partial charge in [-0.15, -0.1) is 0 Å². The number of ether oxygens (including phenoxy) is 1. The molecule has 82 valence electrons. The molecule has 0 saturated heterocycles. The van der Waals surface area contributed by atoms with Crippen LogP contribution in [-0.2, 0) is 6.54 Å². The Morgan fingerprint density at radius 1 is 1.19 bits per heavy atom. The van der Waals surface area contributed by atoms with Gasteiger partial charge in [-0.3, -0.25) is 0 Å². The van der Waals surface area contributed by atoms with E-state index in [2.05, 4.69) is 9.97 Å². The van der Waals surface area contributed by atoms with E-state index in [1.54, 1.807) is 12.4 Å².